The van der Waals surface area contributed by atoms with Gasteiger partial charge in [-0.25, -0.2) is 19.2 Å². The maximum Gasteiger partial charge on any atom is 0.410 e. The van der Waals surface area contributed by atoms with Crippen LogP contribution < -0.4 is 4.90 Å². The third-order valence-corrected chi connectivity index (χ3v) is 6.94. The molecule has 172 valence electrons. The van der Waals surface area contributed by atoms with Crippen LogP contribution in [-0.4, -0.2) is 56.8 Å². The summed E-state index contributed by atoms with van der Waals surface area (Å²) in [5, 5.41) is 11.5. The van der Waals surface area contributed by atoms with Crippen molar-refractivity contribution in [3.63, 3.8) is 0 Å². The molecule has 2 unspecified atom stereocenters. The van der Waals surface area contributed by atoms with Gasteiger partial charge in [0.1, 0.15) is 11.4 Å². The van der Waals surface area contributed by atoms with Gasteiger partial charge in [-0.05, 0) is 53.4 Å². The molecule has 5 rings (SSSR count). The maximum atomic E-state index is 15.2. The van der Waals surface area contributed by atoms with Crippen molar-refractivity contribution in [3.8, 4) is 0 Å². The first-order valence-electron chi connectivity index (χ1n) is 11.1. The van der Waals surface area contributed by atoms with E-state index in [1.165, 1.54) is 0 Å². The number of hydrogen-bond acceptors (Lipinski definition) is 6. The summed E-state index contributed by atoms with van der Waals surface area (Å²) < 4.78 is 20.8. The summed E-state index contributed by atoms with van der Waals surface area (Å²) in [4.78, 5) is 25.6. The molecule has 32 heavy (non-hydrogen) atoms. The van der Waals surface area contributed by atoms with Crippen molar-refractivity contribution in [1.29, 1.82) is 0 Å². The minimum atomic E-state index is -1.06. The van der Waals surface area contributed by atoms with Gasteiger partial charge in [-0.3, -0.25) is 4.90 Å². The van der Waals surface area contributed by atoms with Crippen molar-refractivity contribution in [1.82, 2.24) is 14.9 Å². The molecule has 9 heteroatoms. The van der Waals surface area contributed by atoms with Gasteiger partial charge in [0, 0.05) is 41.3 Å². The van der Waals surface area contributed by atoms with Crippen LogP contribution in [0.3, 0.4) is 0 Å². The number of hydrogen-bond donors (Lipinski definition) is 1. The van der Waals surface area contributed by atoms with Crippen molar-refractivity contribution in [2.75, 3.05) is 18.0 Å². The Balaban J connectivity index is 1.54. The lowest BCUT2D eigenvalue weighted by Crippen LogP contribution is -2.57. The van der Waals surface area contributed by atoms with Crippen LogP contribution in [0.4, 0.5) is 15.0 Å². The SMILES string of the molecule is Cc1nc(N2CC3CCC(C2)N3C(=O)OC(C)(C)C)c2cnc(Cl)c(F)c2c1C1(O)CC1. The summed E-state index contributed by atoms with van der Waals surface area (Å²) in [6.07, 6.45) is 4.16. The number of ether oxygens (including phenoxy) is 1. The molecule has 0 spiro atoms. The van der Waals surface area contributed by atoms with E-state index in [4.69, 9.17) is 21.3 Å². The maximum absolute atomic E-state index is 15.2. The third-order valence-electron chi connectivity index (χ3n) is 6.68. The van der Waals surface area contributed by atoms with Crippen molar-refractivity contribution < 1.29 is 19.0 Å². The average molecular weight is 463 g/mol. The largest absolute Gasteiger partial charge is 0.444 e. The first kappa shape index (κ1) is 21.6. The van der Waals surface area contributed by atoms with E-state index in [2.05, 4.69) is 9.88 Å². The van der Waals surface area contributed by atoms with Crippen LogP contribution >= 0.6 is 11.6 Å². The average Bonchev–Trinajstić information content (AvgIpc) is 3.38. The summed E-state index contributed by atoms with van der Waals surface area (Å²) in [7, 11) is 0. The number of piperazine rings is 1. The molecule has 3 fully saturated rings. The number of carbonyl (C=O) groups is 1. The van der Waals surface area contributed by atoms with Gasteiger partial charge >= 0.3 is 6.09 Å². The number of aliphatic hydroxyl groups is 1. The molecule has 0 radical (unpaired) electrons. The number of amides is 1. The standard InChI is InChI=1S/C23H28ClFN4O3/c1-12-17(23(31)7-8-23)16-15(9-26-19(24)18(16)25)20(27-12)28-10-13-5-6-14(11-28)29(13)21(30)32-22(2,3)4/h9,13-14,31H,5-8,10-11H2,1-4H3. The van der Waals surface area contributed by atoms with E-state index >= 15 is 4.39 Å². The highest BCUT2D eigenvalue weighted by Gasteiger charge is 2.48. The number of halogens is 2. The van der Waals surface area contributed by atoms with Gasteiger partial charge in [-0.15, -0.1) is 0 Å². The molecule has 2 atom stereocenters. The van der Waals surface area contributed by atoms with E-state index in [1.807, 2.05) is 25.7 Å². The lowest BCUT2D eigenvalue weighted by atomic mass is 9.98. The van der Waals surface area contributed by atoms with Gasteiger partial charge in [0.25, 0.3) is 0 Å². The predicted molar refractivity (Wildman–Crippen MR) is 119 cm³/mol. The Hall–Kier alpha value is -2.19. The summed E-state index contributed by atoms with van der Waals surface area (Å²) in [5.74, 6) is -0.00379. The van der Waals surface area contributed by atoms with Crippen LogP contribution in [0.1, 0.15) is 57.7 Å². The van der Waals surface area contributed by atoms with E-state index in [0.29, 0.717) is 53.8 Å². The normalized spacial score (nSPS) is 24.2. The Bertz CT molecular complexity index is 1100. The molecule has 2 saturated heterocycles. The second kappa shape index (κ2) is 7.15. The number of aromatic nitrogens is 2. The third kappa shape index (κ3) is 3.48. The van der Waals surface area contributed by atoms with E-state index in [-0.39, 0.29) is 23.3 Å². The van der Waals surface area contributed by atoms with Crippen molar-refractivity contribution >= 4 is 34.3 Å². The monoisotopic (exact) mass is 462 g/mol. The van der Waals surface area contributed by atoms with Crippen molar-refractivity contribution in [2.45, 2.75) is 76.7 Å². The molecule has 1 N–H and O–H groups in total. The lowest BCUT2D eigenvalue weighted by molar-refractivity contribution is 0.0123. The molecule has 4 heterocycles. The first-order chi connectivity index (χ1) is 15.0. The number of rotatable bonds is 2. The highest BCUT2D eigenvalue weighted by molar-refractivity contribution is 6.30. The minimum absolute atomic E-state index is 0.00171. The Labute approximate surface area is 191 Å². The van der Waals surface area contributed by atoms with Gasteiger partial charge in [0.2, 0.25) is 0 Å². The Kier molecular flexibility index (Phi) is 4.84. The fourth-order valence-electron chi connectivity index (χ4n) is 5.20. The van der Waals surface area contributed by atoms with Crippen molar-refractivity contribution in [2.24, 2.45) is 0 Å². The lowest BCUT2D eigenvalue weighted by Gasteiger charge is -2.42. The number of carbonyl (C=O) groups excluding carboxylic acids is 1. The van der Waals surface area contributed by atoms with E-state index < -0.39 is 17.0 Å². The topological polar surface area (TPSA) is 78.8 Å². The van der Waals surface area contributed by atoms with Crippen LogP contribution in [0, 0.1) is 12.7 Å². The zero-order chi connectivity index (χ0) is 23.0. The molecular weight excluding hydrogens is 435 g/mol. The molecule has 2 aromatic heterocycles. The van der Waals surface area contributed by atoms with E-state index in [9.17, 15) is 9.90 Å². The molecular formula is C23H28ClFN4O3. The number of nitrogens with zero attached hydrogens (tertiary/aromatic N) is 4. The smallest absolute Gasteiger partial charge is 0.410 e. The molecule has 7 nitrogen and oxygen atoms in total. The van der Waals surface area contributed by atoms with Crippen LogP contribution in [-0.2, 0) is 10.3 Å². The Morgan fingerprint density at radius 3 is 2.47 bits per heavy atom. The van der Waals surface area contributed by atoms with E-state index in [1.54, 1.807) is 13.1 Å². The highest BCUT2D eigenvalue weighted by atomic mass is 35.5. The van der Waals surface area contributed by atoms with E-state index in [0.717, 1.165) is 12.8 Å². The number of anilines is 1. The predicted octanol–water partition coefficient (Wildman–Crippen LogP) is 4.30. The van der Waals surface area contributed by atoms with Gasteiger partial charge in [-0.1, -0.05) is 11.6 Å². The van der Waals surface area contributed by atoms with Crippen LogP contribution in [0.15, 0.2) is 6.20 Å². The molecule has 2 aromatic rings. The van der Waals surface area contributed by atoms with Crippen LogP contribution in [0.5, 0.6) is 0 Å². The fraction of sp³-hybridized carbons (Fsp3) is 0.609. The zero-order valence-corrected chi connectivity index (χ0v) is 19.5. The minimum Gasteiger partial charge on any atom is -0.444 e. The molecule has 2 aliphatic heterocycles. The first-order valence-corrected chi connectivity index (χ1v) is 11.5. The van der Waals surface area contributed by atoms with Gasteiger partial charge in [0.05, 0.1) is 17.7 Å². The fourth-order valence-corrected chi connectivity index (χ4v) is 5.34. The number of pyridine rings is 2. The highest BCUT2D eigenvalue weighted by Crippen LogP contribution is 2.50. The molecule has 0 aromatic carbocycles. The molecule has 2 bridgehead atoms. The van der Waals surface area contributed by atoms with Gasteiger partial charge in [0.15, 0.2) is 11.0 Å². The van der Waals surface area contributed by atoms with Gasteiger partial charge in [-0.2, -0.15) is 0 Å². The number of aryl methyl sites for hydroxylation is 1. The van der Waals surface area contributed by atoms with Crippen LogP contribution in [0.2, 0.25) is 5.15 Å². The molecule has 1 amide bonds. The Morgan fingerprint density at radius 1 is 1.28 bits per heavy atom. The van der Waals surface area contributed by atoms with Crippen molar-refractivity contribution in [3.05, 3.63) is 28.4 Å². The molecule has 1 aliphatic carbocycles. The van der Waals surface area contributed by atoms with Crippen LogP contribution in [0.25, 0.3) is 10.8 Å². The quantitative estimate of drug-likeness (QED) is 0.670. The molecule has 3 aliphatic rings. The zero-order valence-electron chi connectivity index (χ0n) is 18.8. The molecule has 1 saturated carbocycles. The summed E-state index contributed by atoms with van der Waals surface area (Å²) in [6.45, 7) is 8.54. The summed E-state index contributed by atoms with van der Waals surface area (Å²) in [6, 6.07) is -0.00342. The van der Waals surface area contributed by atoms with Gasteiger partial charge < -0.3 is 14.7 Å². The summed E-state index contributed by atoms with van der Waals surface area (Å²) >= 11 is 6.02. The summed E-state index contributed by atoms with van der Waals surface area (Å²) in [5.41, 5.74) is -0.512. The second-order valence-corrected chi connectivity index (χ2v) is 10.6. The number of fused-ring (bicyclic) bond motifs is 3. The second-order valence-electron chi connectivity index (χ2n) is 10.3. The Morgan fingerprint density at radius 2 is 1.91 bits per heavy atom.